The molecule has 0 radical (unpaired) electrons. The molecule has 1 aliphatic carbocycles. The molecule has 1 aromatic carbocycles. The number of pyridine rings is 1. The van der Waals surface area contributed by atoms with Gasteiger partial charge in [-0.15, -0.1) is 11.6 Å². The normalized spacial score (nSPS) is 23.2. The van der Waals surface area contributed by atoms with Gasteiger partial charge < -0.3 is 24.2 Å². The number of piperazine rings is 1. The zero-order valence-electron chi connectivity index (χ0n) is 24.6. The summed E-state index contributed by atoms with van der Waals surface area (Å²) < 4.78 is 11.7. The van der Waals surface area contributed by atoms with Crippen LogP contribution in [0.5, 0.6) is 0 Å². The van der Waals surface area contributed by atoms with Gasteiger partial charge in [0.1, 0.15) is 27.6 Å². The first-order chi connectivity index (χ1) is 19.9. The van der Waals surface area contributed by atoms with Crippen molar-refractivity contribution in [2.75, 3.05) is 58.3 Å². The third kappa shape index (κ3) is 5.82. The Labute approximate surface area is 257 Å². The number of hydrogen-bond donors (Lipinski definition) is 0. The summed E-state index contributed by atoms with van der Waals surface area (Å²) in [6, 6.07) is 13.4. The van der Waals surface area contributed by atoms with Gasteiger partial charge in [0.25, 0.3) is 0 Å². The number of allylic oxidation sites excluding steroid dienone is 2. The molecule has 2 saturated heterocycles. The predicted molar refractivity (Wildman–Crippen MR) is 165 cm³/mol. The molecule has 3 amide bonds. The number of ether oxygens (including phenoxy) is 2. The summed E-state index contributed by atoms with van der Waals surface area (Å²) in [7, 11) is 3.40. The Balaban J connectivity index is 1.52. The van der Waals surface area contributed by atoms with Gasteiger partial charge in [0.15, 0.2) is 0 Å². The Kier molecular flexibility index (Phi) is 8.47. The molecule has 2 atom stereocenters. The van der Waals surface area contributed by atoms with Crippen molar-refractivity contribution in [2.45, 2.75) is 37.4 Å². The van der Waals surface area contributed by atoms with Gasteiger partial charge in [-0.25, -0.2) is 14.6 Å². The van der Waals surface area contributed by atoms with Crippen molar-refractivity contribution in [1.82, 2.24) is 19.7 Å². The Morgan fingerprint density at radius 2 is 1.71 bits per heavy atom. The summed E-state index contributed by atoms with van der Waals surface area (Å²) in [6.45, 7) is 8.69. The van der Waals surface area contributed by atoms with Crippen molar-refractivity contribution >= 4 is 46.7 Å². The van der Waals surface area contributed by atoms with Gasteiger partial charge in [0.2, 0.25) is 0 Å². The lowest BCUT2D eigenvalue weighted by Crippen LogP contribution is -2.50. The van der Waals surface area contributed by atoms with Crippen LogP contribution in [0.15, 0.2) is 60.3 Å². The minimum Gasteiger partial charge on any atom is -0.444 e. The Bertz CT molecular complexity index is 1400. The molecular weight excluding hydrogens is 577 g/mol. The van der Waals surface area contributed by atoms with Crippen LogP contribution in [-0.4, -0.2) is 96.9 Å². The van der Waals surface area contributed by atoms with E-state index in [1.165, 1.54) is 0 Å². The van der Waals surface area contributed by atoms with E-state index in [9.17, 15) is 9.59 Å². The van der Waals surface area contributed by atoms with E-state index >= 15 is 0 Å². The van der Waals surface area contributed by atoms with Crippen LogP contribution < -0.4 is 4.90 Å². The van der Waals surface area contributed by atoms with Gasteiger partial charge in [0, 0.05) is 53.4 Å². The highest BCUT2D eigenvalue weighted by molar-refractivity contribution is 6.30. The van der Waals surface area contributed by atoms with Crippen molar-refractivity contribution in [3.05, 3.63) is 76.6 Å². The number of nitrogens with zero attached hydrogens (tertiary/aromatic N) is 5. The number of likely N-dealkylation sites (N-methyl/N-ethyl adjacent to an activating group) is 1. The Morgan fingerprint density at radius 3 is 2.31 bits per heavy atom. The van der Waals surface area contributed by atoms with Crippen molar-refractivity contribution in [3.8, 4) is 0 Å². The number of carbonyl (C=O) groups is 2. The molecule has 2 aromatic rings. The van der Waals surface area contributed by atoms with Gasteiger partial charge in [-0.2, -0.15) is 0 Å². The van der Waals surface area contributed by atoms with E-state index in [1.54, 1.807) is 34.9 Å². The number of urea groups is 1. The van der Waals surface area contributed by atoms with E-state index in [-0.39, 0.29) is 17.3 Å². The molecule has 42 heavy (non-hydrogen) atoms. The number of benzene rings is 1. The van der Waals surface area contributed by atoms with Gasteiger partial charge in [-0.3, -0.25) is 4.90 Å². The number of halogens is 2. The zero-order valence-corrected chi connectivity index (χ0v) is 26.2. The van der Waals surface area contributed by atoms with E-state index in [2.05, 4.69) is 9.88 Å². The highest BCUT2D eigenvalue weighted by Crippen LogP contribution is 2.51. The van der Waals surface area contributed by atoms with Crippen LogP contribution in [0.2, 0.25) is 5.15 Å². The lowest BCUT2D eigenvalue weighted by molar-refractivity contribution is 0.0240. The third-order valence-corrected chi connectivity index (χ3v) is 8.55. The number of alkyl halides is 1. The summed E-state index contributed by atoms with van der Waals surface area (Å²) in [5.41, 5.74) is 2.57. The van der Waals surface area contributed by atoms with Crippen LogP contribution in [0.25, 0.3) is 5.57 Å². The Morgan fingerprint density at radius 1 is 1.02 bits per heavy atom. The predicted octanol–water partition coefficient (Wildman–Crippen LogP) is 5.59. The van der Waals surface area contributed by atoms with Crippen LogP contribution >= 0.6 is 23.2 Å². The number of anilines is 1. The maximum atomic E-state index is 13.2. The molecule has 5 rings (SSSR count). The smallest absolute Gasteiger partial charge is 0.410 e. The standard InChI is InChI=1S/C31H37Cl2N5O4/c1-30(2,3)42-29(40)37-16-14-36(15-17-37)26-20-22(19-25(32)34-26)31(33)24(38-18-13-35(4)28(38)39)12-11-23(27(31)41-5)21-9-7-6-8-10-21/h6-12,19-20,27H,13-18H2,1-5H3. The summed E-state index contributed by atoms with van der Waals surface area (Å²) in [5.74, 6) is 0.635. The number of carbonyl (C=O) groups excluding carboxylic acids is 2. The van der Waals surface area contributed by atoms with Crippen molar-refractivity contribution in [1.29, 1.82) is 0 Å². The highest BCUT2D eigenvalue weighted by atomic mass is 35.5. The molecule has 3 heterocycles. The maximum Gasteiger partial charge on any atom is 0.410 e. The second-order valence-electron chi connectivity index (χ2n) is 11.7. The number of rotatable bonds is 5. The molecule has 3 aliphatic rings. The lowest BCUT2D eigenvalue weighted by atomic mass is 9.79. The fourth-order valence-corrected chi connectivity index (χ4v) is 6.33. The topological polar surface area (TPSA) is 78.5 Å². The SMILES string of the molecule is COC1C(c2ccccc2)=CC=C(N2CCN(C)C2=O)C1(Cl)c1cc(Cl)nc(N2CCN(C(=O)OC(C)(C)C)CC2)c1. The van der Waals surface area contributed by atoms with Gasteiger partial charge >= 0.3 is 12.1 Å². The average Bonchev–Trinajstić information content (AvgIpc) is 3.29. The quantitative estimate of drug-likeness (QED) is 0.323. The summed E-state index contributed by atoms with van der Waals surface area (Å²) in [6.07, 6.45) is 2.91. The molecule has 1 aromatic heterocycles. The molecule has 0 N–H and O–H groups in total. The molecule has 224 valence electrons. The van der Waals surface area contributed by atoms with Crippen LogP contribution in [0.1, 0.15) is 31.9 Å². The van der Waals surface area contributed by atoms with Gasteiger partial charge in [0.05, 0.1) is 5.70 Å². The van der Waals surface area contributed by atoms with Gasteiger partial charge in [-0.1, -0.05) is 48.0 Å². The molecule has 0 saturated carbocycles. The molecular formula is C31H37Cl2N5O4. The molecule has 0 spiro atoms. The van der Waals surface area contributed by atoms with E-state index in [4.69, 9.17) is 32.7 Å². The third-order valence-electron chi connectivity index (χ3n) is 7.74. The molecule has 11 heteroatoms. The monoisotopic (exact) mass is 613 g/mol. The number of hydrogen-bond acceptors (Lipinski definition) is 6. The maximum absolute atomic E-state index is 13.2. The second kappa shape index (κ2) is 11.8. The fourth-order valence-electron chi connectivity index (χ4n) is 5.65. The van der Waals surface area contributed by atoms with Crippen LogP contribution in [0, 0.1) is 0 Å². The van der Waals surface area contributed by atoms with Crippen molar-refractivity contribution in [3.63, 3.8) is 0 Å². The van der Waals surface area contributed by atoms with E-state index in [0.29, 0.717) is 56.3 Å². The number of methoxy groups -OCH3 is 1. The summed E-state index contributed by atoms with van der Waals surface area (Å²) in [4.78, 5) is 36.3. The minimum absolute atomic E-state index is 0.128. The fraction of sp³-hybridized carbons (Fsp3) is 0.452. The largest absolute Gasteiger partial charge is 0.444 e. The first-order valence-corrected chi connectivity index (χ1v) is 14.8. The first kappa shape index (κ1) is 30.2. The zero-order chi connectivity index (χ0) is 30.2. The second-order valence-corrected chi connectivity index (χ2v) is 12.7. The molecule has 2 fully saturated rings. The first-order valence-electron chi connectivity index (χ1n) is 14.1. The van der Waals surface area contributed by atoms with E-state index < -0.39 is 16.6 Å². The van der Waals surface area contributed by atoms with E-state index in [0.717, 1.165) is 11.1 Å². The summed E-state index contributed by atoms with van der Waals surface area (Å²) in [5, 5.41) is 0.270. The Hall–Kier alpha value is -3.27. The lowest BCUT2D eigenvalue weighted by Gasteiger charge is -2.43. The average molecular weight is 615 g/mol. The summed E-state index contributed by atoms with van der Waals surface area (Å²) >= 11 is 14.4. The molecule has 0 bridgehead atoms. The van der Waals surface area contributed by atoms with Crippen LogP contribution in [0.3, 0.4) is 0 Å². The van der Waals surface area contributed by atoms with Crippen LogP contribution in [0.4, 0.5) is 15.4 Å². The number of aromatic nitrogens is 1. The van der Waals surface area contributed by atoms with Gasteiger partial charge in [-0.05, 0) is 55.7 Å². The van der Waals surface area contributed by atoms with E-state index in [1.807, 2.05) is 69.3 Å². The minimum atomic E-state index is -1.30. The van der Waals surface area contributed by atoms with Crippen LogP contribution in [-0.2, 0) is 14.3 Å². The highest BCUT2D eigenvalue weighted by Gasteiger charge is 2.51. The molecule has 9 nitrogen and oxygen atoms in total. The van der Waals surface area contributed by atoms with Crippen molar-refractivity contribution in [2.24, 2.45) is 0 Å². The number of amides is 3. The van der Waals surface area contributed by atoms with Crippen molar-refractivity contribution < 1.29 is 19.1 Å². The molecule has 2 unspecified atom stereocenters. The molecule has 2 aliphatic heterocycles.